The fourth-order valence-corrected chi connectivity index (χ4v) is 2.16. The number of pyridine rings is 1. The van der Waals surface area contributed by atoms with Gasteiger partial charge in [-0.05, 0) is 49.6 Å². The average molecular weight is 284 g/mol. The minimum absolute atomic E-state index is 0.443. The highest BCUT2D eigenvalue weighted by atomic mass is 16.5. The smallest absolute Gasteiger partial charge is 0.130 e. The van der Waals surface area contributed by atoms with Gasteiger partial charge in [-0.1, -0.05) is 19.9 Å². The van der Waals surface area contributed by atoms with Crippen LogP contribution in [0.2, 0.25) is 0 Å². The second-order valence-corrected chi connectivity index (χ2v) is 5.83. The Labute approximate surface area is 127 Å². The van der Waals surface area contributed by atoms with Crippen LogP contribution in [0, 0.1) is 20.8 Å². The van der Waals surface area contributed by atoms with Gasteiger partial charge in [-0.2, -0.15) is 0 Å². The number of aryl methyl sites for hydroxylation is 2. The van der Waals surface area contributed by atoms with Crippen LogP contribution in [-0.4, -0.2) is 11.0 Å². The fourth-order valence-electron chi connectivity index (χ4n) is 2.16. The second kappa shape index (κ2) is 6.72. The molecule has 0 saturated carbocycles. The molecular formula is C18H24N2O. The van der Waals surface area contributed by atoms with Crippen molar-refractivity contribution in [3.8, 4) is 11.5 Å². The monoisotopic (exact) mass is 284 g/mol. The van der Waals surface area contributed by atoms with Crippen molar-refractivity contribution in [3.63, 3.8) is 0 Å². The summed E-state index contributed by atoms with van der Waals surface area (Å²) in [5.74, 6) is 1.75. The summed E-state index contributed by atoms with van der Waals surface area (Å²) in [5, 5.41) is 3.36. The van der Waals surface area contributed by atoms with Crippen molar-refractivity contribution in [2.45, 2.75) is 47.2 Å². The van der Waals surface area contributed by atoms with E-state index in [1.54, 1.807) is 6.20 Å². The highest BCUT2D eigenvalue weighted by Gasteiger charge is 2.06. The quantitative estimate of drug-likeness (QED) is 0.889. The van der Waals surface area contributed by atoms with Crippen LogP contribution in [-0.2, 0) is 6.54 Å². The first kappa shape index (κ1) is 15.5. The van der Waals surface area contributed by atoms with Crippen LogP contribution in [0.1, 0.15) is 36.2 Å². The molecule has 0 spiro atoms. The number of nitrogens with zero attached hydrogens (tertiary/aromatic N) is 1. The zero-order valence-corrected chi connectivity index (χ0v) is 13.5. The van der Waals surface area contributed by atoms with E-state index in [0.717, 1.165) is 23.7 Å². The molecular weight excluding hydrogens is 260 g/mol. The van der Waals surface area contributed by atoms with Gasteiger partial charge in [0.15, 0.2) is 0 Å². The van der Waals surface area contributed by atoms with E-state index in [4.69, 9.17) is 4.74 Å². The molecule has 0 unspecified atom stereocenters. The number of benzene rings is 1. The lowest BCUT2D eigenvalue weighted by Gasteiger charge is -2.13. The van der Waals surface area contributed by atoms with Crippen molar-refractivity contribution >= 4 is 0 Å². The van der Waals surface area contributed by atoms with Crippen LogP contribution in [0.15, 0.2) is 30.5 Å². The van der Waals surface area contributed by atoms with Gasteiger partial charge in [0.2, 0.25) is 0 Å². The van der Waals surface area contributed by atoms with Gasteiger partial charge in [0, 0.05) is 24.8 Å². The van der Waals surface area contributed by atoms with Crippen molar-refractivity contribution in [1.82, 2.24) is 10.3 Å². The predicted octanol–water partition coefficient (Wildman–Crippen LogP) is 4.30. The van der Waals surface area contributed by atoms with Gasteiger partial charge >= 0.3 is 0 Å². The van der Waals surface area contributed by atoms with Crippen molar-refractivity contribution < 1.29 is 4.74 Å². The molecule has 1 aromatic heterocycles. The fraction of sp³-hybridized carbons (Fsp3) is 0.389. The minimum atomic E-state index is 0.443. The zero-order valence-electron chi connectivity index (χ0n) is 13.5. The summed E-state index contributed by atoms with van der Waals surface area (Å²) < 4.78 is 6.05. The molecule has 0 fully saturated rings. The van der Waals surface area contributed by atoms with Crippen LogP contribution < -0.4 is 10.1 Å². The van der Waals surface area contributed by atoms with Gasteiger partial charge in [-0.15, -0.1) is 0 Å². The van der Waals surface area contributed by atoms with Crippen LogP contribution in [0.4, 0.5) is 0 Å². The Hall–Kier alpha value is -1.87. The van der Waals surface area contributed by atoms with Gasteiger partial charge in [0.05, 0.1) is 5.69 Å². The predicted molar refractivity (Wildman–Crippen MR) is 86.9 cm³/mol. The Morgan fingerprint density at radius 2 is 1.90 bits per heavy atom. The number of nitrogens with one attached hydrogen (secondary N) is 1. The van der Waals surface area contributed by atoms with Gasteiger partial charge in [0.25, 0.3) is 0 Å². The number of aromatic nitrogens is 1. The Morgan fingerprint density at radius 3 is 2.62 bits per heavy atom. The summed E-state index contributed by atoms with van der Waals surface area (Å²) in [6, 6.07) is 8.59. The van der Waals surface area contributed by atoms with E-state index in [9.17, 15) is 0 Å². The molecule has 2 aromatic rings. The summed E-state index contributed by atoms with van der Waals surface area (Å²) in [4.78, 5) is 4.37. The molecule has 112 valence electrons. The lowest BCUT2D eigenvalue weighted by atomic mass is 10.1. The van der Waals surface area contributed by atoms with E-state index in [1.807, 2.05) is 12.1 Å². The molecule has 21 heavy (non-hydrogen) atoms. The molecule has 3 nitrogen and oxygen atoms in total. The van der Waals surface area contributed by atoms with Gasteiger partial charge in [-0.25, -0.2) is 0 Å². The number of hydrogen-bond donors (Lipinski definition) is 1. The van der Waals surface area contributed by atoms with Gasteiger partial charge < -0.3 is 10.1 Å². The van der Waals surface area contributed by atoms with Crippen LogP contribution in [0.5, 0.6) is 11.5 Å². The average Bonchev–Trinajstić information content (AvgIpc) is 2.42. The van der Waals surface area contributed by atoms with Crippen LogP contribution in [0.25, 0.3) is 0 Å². The topological polar surface area (TPSA) is 34.1 Å². The van der Waals surface area contributed by atoms with Crippen molar-refractivity contribution in [3.05, 3.63) is 52.8 Å². The molecule has 1 N–H and O–H groups in total. The summed E-state index contributed by atoms with van der Waals surface area (Å²) in [5.41, 5.74) is 4.63. The minimum Gasteiger partial charge on any atom is -0.457 e. The highest BCUT2D eigenvalue weighted by molar-refractivity contribution is 5.44. The lowest BCUT2D eigenvalue weighted by molar-refractivity contribution is 0.475. The molecule has 0 atom stereocenters. The normalized spacial score (nSPS) is 11.0. The molecule has 3 heteroatoms. The van der Waals surface area contributed by atoms with Crippen LogP contribution >= 0.6 is 0 Å². The third kappa shape index (κ3) is 4.30. The van der Waals surface area contributed by atoms with E-state index >= 15 is 0 Å². The first-order valence-electron chi connectivity index (χ1n) is 7.39. The Balaban J connectivity index is 2.18. The molecule has 0 amide bonds. The van der Waals surface area contributed by atoms with Crippen molar-refractivity contribution in [2.24, 2.45) is 0 Å². The molecule has 0 aliphatic carbocycles. The Kier molecular flexibility index (Phi) is 4.97. The first-order valence-corrected chi connectivity index (χ1v) is 7.39. The van der Waals surface area contributed by atoms with E-state index in [1.165, 1.54) is 16.7 Å². The molecule has 0 bridgehead atoms. The van der Waals surface area contributed by atoms with E-state index in [-0.39, 0.29) is 0 Å². The largest absolute Gasteiger partial charge is 0.457 e. The van der Waals surface area contributed by atoms with Crippen LogP contribution in [0.3, 0.4) is 0 Å². The summed E-state index contributed by atoms with van der Waals surface area (Å²) in [6.45, 7) is 11.3. The Morgan fingerprint density at radius 1 is 1.14 bits per heavy atom. The van der Waals surface area contributed by atoms with Crippen molar-refractivity contribution in [2.75, 3.05) is 0 Å². The molecule has 0 aliphatic rings. The molecule has 0 saturated heterocycles. The van der Waals surface area contributed by atoms with E-state index in [2.05, 4.69) is 57.1 Å². The molecule has 1 aromatic carbocycles. The zero-order chi connectivity index (χ0) is 15.4. The number of hydrogen-bond acceptors (Lipinski definition) is 3. The molecule has 0 radical (unpaired) electrons. The molecule has 2 rings (SSSR count). The first-order chi connectivity index (χ1) is 9.95. The van der Waals surface area contributed by atoms with E-state index in [0.29, 0.717) is 6.04 Å². The summed E-state index contributed by atoms with van der Waals surface area (Å²) >= 11 is 0. The summed E-state index contributed by atoms with van der Waals surface area (Å²) in [7, 11) is 0. The molecule has 0 aliphatic heterocycles. The highest BCUT2D eigenvalue weighted by Crippen LogP contribution is 2.28. The SMILES string of the molecule is Cc1cc(C)c(C)c(Oc2ccnc(CNC(C)C)c2)c1. The second-order valence-electron chi connectivity index (χ2n) is 5.83. The van der Waals surface area contributed by atoms with Crippen molar-refractivity contribution in [1.29, 1.82) is 0 Å². The Bertz CT molecular complexity index is 621. The van der Waals surface area contributed by atoms with E-state index < -0.39 is 0 Å². The maximum Gasteiger partial charge on any atom is 0.130 e. The number of ether oxygens (including phenoxy) is 1. The van der Waals surface area contributed by atoms with Gasteiger partial charge in [-0.3, -0.25) is 4.98 Å². The molecule has 1 heterocycles. The van der Waals surface area contributed by atoms with Gasteiger partial charge in [0.1, 0.15) is 11.5 Å². The standard InChI is InChI=1S/C18H24N2O/c1-12(2)20-11-16-10-17(6-7-19-16)21-18-9-13(3)8-14(4)15(18)5/h6-10,12,20H,11H2,1-5H3. The maximum atomic E-state index is 6.05. The summed E-state index contributed by atoms with van der Waals surface area (Å²) in [6.07, 6.45) is 1.80. The third-order valence-electron chi connectivity index (χ3n) is 3.47. The number of rotatable bonds is 5. The third-order valence-corrected chi connectivity index (χ3v) is 3.47. The lowest BCUT2D eigenvalue weighted by Crippen LogP contribution is -2.22. The maximum absolute atomic E-state index is 6.05.